The number of anilines is 1. The molecule has 0 atom stereocenters. The molecule has 122 valence electrons. The van der Waals surface area contributed by atoms with E-state index in [2.05, 4.69) is 21.2 Å². The molecule has 0 bridgehead atoms. The summed E-state index contributed by atoms with van der Waals surface area (Å²) >= 11 is 4.47. The van der Waals surface area contributed by atoms with E-state index in [-0.39, 0.29) is 10.6 Å². The SMILES string of the molecule is CCCCOC(=O)Nc1cc(-c2ccc(Br)cc2)sc1C(=O)O. The topological polar surface area (TPSA) is 75.6 Å². The fraction of sp³-hybridized carbons (Fsp3) is 0.250. The number of aromatic carboxylic acids is 1. The average molecular weight is 398 g/mol. The van der Waals surface area contributed by atoms with Gasteiger partial charge < -0.3 is 9.84 Å². The molecule has 1 aromatic heterocycles. The van der Waals surface area contributed by atoms with E-state index in [1.807, 2.05) is 31.2 Å². The van der Waals surface area contributed by atoms with Gasteiger partial charge in [-0.05, 0) is 30.2 Å². The van der Waals surface area contributed by atoms with Gasteiger partial charge in [-0.2, -0.15) is 0 Å². The molecule has 1 aromatic carbocycles. The van der Waals surface area contributed by atoms with Gasteiger partial charge in [-0.1, -0.05) is 41.4 Å². The van der Waals surface area contributed by atoms with Crippen LogP contribution in [0.1, 0.15) is 29.4 Å². The number of thiophene rings is 1. The lowest BCUT2D eigenvalue weighted by atomic mass is 10.2. The summed E-state index contributed by atoms with van der Waals surface area (Å²) in [4.78, 5) is 23.9. The van der Waals surface area contributed by atoms with Crippen LogP contribution in [0.25, 0.3) is 10.4 Å². The number of amides is 1. The molecule has 0 fully saturated rings. The lowest BCUT2D eigenvalue weighted by Gasteiger charge is -2.05. The van der Waals surface area contributed by atoms with Gasteiger partial charge in [0.2, 0.25) is 0 Å². The van der Waals surface area contributed by atoms with Crippen molar-refractivity contribution in [2.24, 2.45) is 0 Å². The van der Waals surface area contributed by atoms with Crippen LogP contribution in [0.4, 0.5) is 10.5 Å². The lowest BCUT2D eigenvalue weighted by molar-refractivity contribution is 0.0703. The number of benzene rings is 1. The van der Waals surface area contributed by atoms with Crippen LogP contribution in [0.3, 0.4) is 0 Å². The third kappa shape index (κ3) is 4.80. The van der Waals surface area contributed by atoms with Gasteiger partial charge in [-0.3, -0.25) is 5.32 Å². The minimum absolute atomic E-state index is 0.0790. The molecule has 1 amide bonds. The second kappa shape index (κ2) is 8.12. The summed E-state index contributed by atoms with van der Waals surface area (Å²) in [5.41, 5.74) is 1.13. The summed E-state index contributed by atoms with van der Waals surface area (Å²) in [6, 6.07) is 9.16. The predicted octanol–water partition coefficient (Wildman–Crippen LogP) is 5.22. The van der Waals surface area contributed by atoms with Gasteiger partial charge in [0.1, 0.15) is 4.88 Å². The van der Waals surface area contributed by atoms with Crippen molar-refractivity contribution in [3.63, 3.8) is 0 Å². The zero-order valence-electron chi connectivity index (χ0n) is 12.5. The Hall–Kier alpha value is -1.86. The van der Waals surface area contributed by atoms with Crippen LogP contribution >= 0.6 is 27.3 Å². The Morgan fingerprint density at radius 1 is 1.30 bits per heavy atom. The second-order valence-electron chi connectivity index (χ2n) is 4.78. The van der Waals surface area contributed by atoms with Crippen LogP contribution in [0, 0.1) is 0 Å². The van der Waals surface area contributed by atoms with E-state index in [9.17, 15) is 14.7 Å². The third-order valence-corrected chi connectivity index (χ3v) is 4.72. The Bertz CT molecular complexity index is 697. The molecule has 7 heteroatoms. The minimum atomic E-state index is -1.08. The largest absolute Gasteiger partial charge is 0.477 e. The van der Waals surface area contributed by atoms with Crippen LogP contribution in [-0.2, 0) is 4.74 Å². The fourth-order valence-electron chi connectivity index (χ4n) is 1.85. The maximum atomic E-state index is 11.7. The molecule has 2 aromatic rings. The molecule has 2 rings (SSSR count). The molecule has 2 N–H and O–H groups in total. The molecule has 0 saturated heterocycles. The normalized spacial score (nSPS) is 10.3. The van der Waals surface area contributed by atoms with E-state index >= 15 is 0 Å². The molecule has 0 spiro atoms. The van der Waals surface area contributed by atoms with E-state index in [4.69, 9.17) is 4.74 Å². The summed E-state index contributed by atoms with van der Waals surface area (Å²) in [5.74, 6) is -1.08. The van der Waals surface area contributed by atoms with Crippen LogP contribution < -0.4 is 5.32 Å². The summed E-state index contributed by atoms with van der Waals surface area (Å²) < 4.78 is 5.95. The maximum Gasteiger partial charge on any atom is 0.411 e. The molecule has 0 saturated carbocycles. The van der Waals surface area contributed by atoms with Gasteiger partial charge in [0.15, 0.2) is 0 Å². The summed E-state index contributed by atoms with van der Waals surface area (Å²) in [6.07, 6.45) is 1.05. The number of nitrogens with one attached hydrogen (secondary N) is 1. The molecule has 0 radical (unpaired) electrons. The lowest BCUT2D eigenvalue weighted by Crippen LogP contribution is -2.15. The first-order valence-electron chi connectivity index (χ1n) is 7.08. The Kier molecular flexibility index (Phi) is 6.18. The minimum Gasteiger partial charge on any atom is -0.477 e. The molecular formula is C16H16BrNO4S. The highest BCUT2D eigenvalue weighted by Gasteiger charge is 2.18. The van der Waals surface area contributed by atoms with Crippen LogP contribution in [0.2, 0.25) is 0 Å². The third-order valence-electron chi connectivity index (χ3n) is 3.02. The molecule has 0 unspecified atom stereocenters. The summed E-state index contributed by atoms with van der Waals surface area (Å²) in [7, 11) is 0. The first-order valence-corrected chi connectivity index (χ1v) is 8.69. The van der Waals surface area contributed by atoms with Crippen molar-refractivity contribution in [3.05, 3.63) is 39.7 Å². The van der Waals surface area contributed by atoms with E-state index in [1.54, 1.807) is 6.07 Å². The van der Waals surface area contributed by atoms with Crippen molar-refractivity contribution >= 4 is 45.0 Å². The van der Waals surface area contributed by atoms with Crippen LogP contribution in [-0.4, -0.2) is 23.8 Å². The van der Waals surface area contributed by atoms with E-state index in [0.29, 0.717) is 6.61 Å². The van der Waals surface area contributed by atoms with Crippen molar-refractivity contribution in [2.75, 3.05) is 11.9 Å². The van der Waals surface area contributed by atoms with Crippen molar-refractivity contribution in [1.29, 1.82) is 0 Å². The number of hydrogen-bond acceptors (Lipinski definition) is 4. The number of halogens is 1. The number of rotatable bonds is 6. The molecular weight excluding hydrogens is 382 g/mol. The highest BCUT2D eigenvalue weighted by Crippen LogP contribution is 2.35. The van der Waals surface area contributed by atoms with Gasteiger partial charge in [0, 0.05) is 9.35 Å². The standard InChI is InChI=1S/C16H16BrNO4S/c1-2-3-8-22-16(21)18-12-9-13(23-14(12)15(19)20)10-4-6-11(17)7-5-10/h4-7,9H,2-3,8H2,1H3,(H,18,21)(H,19,20). The zero-order valence-corrected chi connectivity index (χ0v) is 14.9. The number of unbranched alkanes of at least 4 members (excludes halogenated alkanes) is 1. The Balaban J connectivity index is 2.20. The summed E-state index contributed by atoms with van der Waals surface area (Å²) in [6.45, 7) is 2.31. The number of carbonyl (C=O) groups is 2. The van der Waals surface area contributed by atoms with Gasteiger partial charge in [-0.25, -0.2) is 9.59 Å². The van der Waals surface area contributed by atoms with Crippen molar-refractivity contribution in [1.82, 2.24) is 0 Å². The van der Waals surface area contributed by atoms with Crippen molar-refractivity contribution < 1.29 is 19.4 Å². The predicted molar refractivity (Wildman–Crippen MR) is 94.3 cm³/mol. The number of carboxylic acid groups (broad SMARTS) is 1. The number of ether oxygens (including phenoxy) is 1. The molecule has 0 aliphatic heterocycles. The van der Waals surface area contributed by atoms with E-state index in [0.717, 1.165) is 39.1 Å². The molecule has 0 aliphatic rings. The molecule has 23 heavy (non-hydrogen) atoms. The van der Waals surface area contributed by atoms with Gasteiger partial charge >= 0.3 is 12.1 Å². The smallest absolute Gasteiger partial charge is 0.411 e. The Morgan fingerprint density at radius 3 is 2.61 bits per heavy atom. The highest BCUT2D eigenvalue weighted by atomic mass is 79.9. The van der Waals surface area contributed by atoms with Crippen molar-refractivity contribution in [3.8, 4) is 10.4 Å². The van der Waals surface area contributed by atoms with Crippen LogP contribution in [0.15, 0.2) is 34.8 Å². The van der Waals surface area contributed by atoms with Crippen molar-refractivity contribution in [2.45, 2.75) is 19.8 Å². The fourth-order valence-corrected chi connectivity index (χ4v) is 3.08. The summed E-state index contributed by atoms with van der Waals surface area (Å²) in [5, 5.41) is 11.8. The highest BCUT2D eigenvalue weighted by molar-refractivity contribution is 9.10. The Morgan fingerprint density at radius 2 is 2.00 bits per heavy atom. The van der Waals surface area contributed by atoms with Gasteiger partial charge in [-0.15, -0.1) is 11.3 Å². The zero-order chi connectivity index (χ0) is 16.8. The number of carboxylic acids is 1. The maximum absolute atomic E-state index is 11.7. The Labute approximate surface area is 146 Å². The average Bonchev–Trinajstić information content (AvgIpc) is 2.92. The molecule has 5 nitrogen and oxygen atoms in total. The van der Waals surface area contributed by atoms with E-state index < -0.39 is 12.1 Å². The first-order chi connectivity index (χ1) is 11.0. The van der Waals surface area contributed by atoms with Crippen LogP contribution in [0.5, 0.6) is 0 Å². The molecule has 1 heterocycles. The van der Waals surface area contributed by atoms with Gasteiger partial charge in [0.05, 0.1) is 12.3 Å². The van der Waals surface area contributed by atoms with E-state index in [1.165, 1.54) is 0 Å². The molecule has 0 aliphatic carbocycles. The monoisotopic (exact) mass is 397 g/mol. The van der Waals surface area contributed by atoms with Gasteiger partial charge in [0.25, 0.3) is 0 Å². The first kappa shape index (κ1) is 17.5. The number of carbonyl (C=O) groups excluding carboxylic acids is 1. The number of hydrogen-bond donors (Lipinski definition) is 2. The quantitative estimate of drug-likeness (QED) is 0.654. The second-order valence-corrected chi connectivity index (χ2v) is 6.75.